The summed E-state index contributed by atoms with van der Waals surface area (Å²) in [7, 11) is 0. The molecule has 0 saturated carbocycles. The van der Waals surface area contributed by atoms with Gasteiger partial charge in [-0.1, -0.05) is 18.2 Å². The number of rotatable bonds is 4. The number of benzene rings is 2. The highest BCUT2D eigenvalue weighted by Gasteiger charge is 2.17. The number of furan rings is 1. The fourth-order valence-corrected chi connectivity index (χ4v) is 2.99. The molecule has 0 fully saturated rings. The molecule has 3 rings (SSSR count). The molecule has 0 radical (unpaired) electrons. The third-order valence-electron chi connectivity index (χ3n) is 3.55. The zero-order chi connectivity index (χ0) is 17.8. The minimum absolute atomic E-state index is 0.0883. The zero-order valence-corrected chi connectivity index (χ0v) is 14.2. The van der Waals surface area contributed by atoms with Crippen LogP contribution in [0.25, 0.3) is 11.0 Å². The zero-order valence-electron chi connectivity index (χ0n) is 13.3. The first-order valence-corrected chi connectivity index (χ1v) is 8.49. The maximum Gasteiger partial charge on any atom is 0.305 e. The van der Waals surface area contributed by atoms with Crippen LogP contribution in [0.5, 0.6) is 0 Å². The van der Waals surface area contributed by atoms with E-state index < -0.39 is 5.91 Å². The fraction of sp³-hybridized carbons (Fsp3) is 0.111. The molecule has 25 heavy (non-hydrogen) atoms. The molecule has 0 saturated heterocycles. The molecule has 0 aliphatic heterocycles. The van der Waals surface area contributed by atoms with Gasteiger partial charge in [0, 0.05) is 15.8 Å². The van der Waals surface area contributed by atoms with Crippen LogP contribution in [0, 0.1) is 12.7 Å². The highest BCUT2D eigenvalue weighted by Crippen LogP contribution is 2.24. The Labute approximate surface area is 147 Å². The van der Waals surface area contributed by atoms with E-state index in [-0.39, 0.29) is 23.2 Å². The molecule has 0 spiro atoms. The quantitative estimate of drug-likeness (QED) is 0.554. The number of halogens is 1. The second kappa shape index (κ2) is 7.40. The molecular formula is C18H15FN2O3S. The van der Waals surface area contributed by atoms with E-state index in [1.165, 1.54) is 23.9 Å². The Morgan fingerprint density at radius 3 is 2.52 bits per heavy atom. The molecule has 128 valence electrons. The summed E-state index contributed by atoms with van der Waals surface area (Å²) < 4.78 is 18.4. The number of nitrogens with one attached hydrogen (secondary N) is 2. The standard InChI is InChI=1S/C18H15FN2O3S/c1-11-14-4-2-3-5-15(14)24-17(11)18(23)21-20-16(22)10-25-13-8-6-12(19)7-9-13/h2-9H,10H2,1H3,(H,20,22)(H,21,23). The van der Waals surface area contributed by atoms with Crippen LogP contribution < -0.4 is 10.9 Å². The third kappa shape index (κ3) is 4.00. The van der Waals surface area contributed by atoms with Gasteiger partial charge in [-0.3, -0.25) is 20.4 Å². The Kier molecular flexibility index (Phi) is 5.04. The first kappa shape index (κ1) is 17.0. The van der Waals surface area contributed by atoms with E-state index in [0.717, 1.165) is 10.3 Å². The van der Waals surface area contributed by atoms with E-state index >= 15 is 0 Å². The maximum absolute atomic E-state index is 12.8. The molecule has 2 N–H and O–H groups in total. The van der Waals surface area contributed by atoms with Crippen LogP contribution in [0.2, 0.25) is 0 Å². The first-order chi connectivity index (χ1) is 12.0. The summed E-state index contributed by atoms with van der Waals surface area (Å²) >= 11 is 1.24. The van der Waals surface area contributed by atoms with Crippen molar-refractivity contribution < 1.29 is 18.4 Å². The van der Waals surface area contributed by atoms with Gasteiger partial charge >= 0.3 is 5.91 Å². The third-order valence-corrected chi connectivity index (χ3v) is 4.56. The number of carbonyl (C=O) groups is 2. The van der Waals surface area contributed by atoms with Crippen LogP contribution >= 0.6 is 11.8 Å². The Morgan fingerprint density at radius 2 is 1.80 bits per heavy atom. The van der Waals surface area contributed by atoms with E-state index in [4.69, 9.17) is 4.42 Å². The van der Waals surface area contributed by atoms with Crippen molar-refractivity contribution in [1.29, 1.82) is 0 Å². The fourth-order valence-electron chi connectivity index (χ4n) is 2.29. The number of hydrogen-bond acceptors (Lipinski definition) is 4. The van der Waals surface area contributed by atoms with Gasteiger partial charge in [0.15, 0.2) is 5.76 Å². The van der Waals surface area contributed by atoms with Gasteiger partial charge in [-0.25, -0.2) is 4.39 Å². The second-order valence-corrected chi connectivity index (χ2v) is 6.35. The van der Waals surface area contributed by atoms with E-state index in [1.54, 1.807) is 25.1 Å². The highest BCUT2D eigenvalue weighted by molar-refractivity contribution is 8.00. The molecule has 5 nitrogen and oxygen atoms in total. The summed E-state index contributed by atoms with van der Waals surface area (Å²) in [5.41, 5.74) is 6.01. The van der Waals surface area contributed by atoms with Crippen LogP contribution in [0.3, 0.4) is 0 Å². The number of aryl methyl sites for hydroxylation is 1. The molecular weight excluding hydrogens is 343 g/mol. The molecule has 1 aromatic heterocycles. The predicted molar refractivity (Wildman–Crippen MR) is 93.7 cm³/mol. The molecule has 7 heteroatoms. The number of fused-ring (bicyclic) bond motifs is 1. The number of carbonyl (C=O) groups excluding carboxylic acids is 2. The lowest BCUT2D eigenvalue weighted by Crippen LogP contribution is -2.42. The monoisotopic (exact) mass is 358 g/mol. The summed E-state index contributed by atoms with van der Waals surface area (Å²) in [5.74, 6) is -0.981. The van der Waals surface area contributed by atoms with Gasteiger partial charge in [0.1, 0.15) is 11.4 Å². The second-order valence-electron chi connectivity index (χ2n) is 5.30. The van der Waals surface area contributed by atoms with Gasteiger partial charge in [0.2, 0.25) is 5.91 Å². The summed E-state index contributed by atoms with van der Waals surface area (Å²) in [6.45, 7) is 1.78. The van der Waals surface area contributed by atoms with E-state index in [2.05, 4.69) is 10.9 Å². The van der Waals surface area contributed by atoms with Crippen LogP contribution in [-0.2, 0) is 4.79 Å². The summed E-state index contributed by atoms with van der Waals surface area (Å²) in [5, 5.41) is 0.853. The highest BCUT2D eigenvalue weighted by atomic mass is 32.2. The van der Waals surface area contributed by atoms with Crippen LogP contribution in [-0.4, -0.2) is 17.6 Å². The molecule has 0 aliphatic carbocycles. The molecule has 0 unspecified atom stereocenters. The lowest BCUT2D eigenvalue weighted by atomic mass is 10.1. The maximum atomic E-state index is 12.8. The molecule has 3 aromatic rings. The Balaban J connectivity index is 1.55. The number of hydrogen-bond donors (Lipinski definition) is 2. The van der Waals surface area contributed by atoms with Crippen molar-refractivity contribution in [3.8, 4) is 0 Å². The van der Waals surface area contributed by atoms with E-state index in [0.29, 0.717) is 11.1 Å². The van der Waals surface area contributed by atoms with Gasteiger partial charge in [0.05, 0.1) is 5.75 Å². The lowest BCUT2D eigenvalue weighted by molar-refractivity contribution is -0.119. The number of hydrazine groups is 1. The minimum atomic E-state index is -0.520. The van der Waals surface area contributed by atoms with Gasteiger partial charge in [-0.2, -0.15) is 0 Å². The smallest absolute Gasteiger partial charge is 0.305 e. The Morgan fingerprint density at radius 1 is 1.08 bits per heavy atom. The largest absolute Gasteiger partial charge is 0.451 e. The molecule has 2 aromatic carbocycles. The Hall–Kier alpha value is -2.80. The molecule has 0 atom stereocenters. The van der Waals surface area contributed by atoms with Crippen molar-refractivity contribution >= 4 is 34.5 Å². The van der Waals surface area contributed by atoms with E-state index in [9.17, 15) is 14.0 Å². The van der Waals surface area contributed by atoms with Gasteiger partial charge in [0.25, 0.3) is 0 Å². The van der Waals surface area contributed by atoms with Gasteiger partial charge < -0.3 is 4.42 Å². The minimum Gasteiger partial charge on any atom is -0.451 e. The van der Waals surface area contributed by atoms with Crippen molar-refractivity contribution in [2.24, 2.45) is 0 Å². The van der Waals surface area contributed by atoms with Crippen molar-refractivity contribution in [2.75, 3.05) is 5.75 Å². The van der Waals surface area contributed by atoms with Gasteiger partial charge in [-0.15, -0.1) is 11.8 Å². The average molecular weight is 358 g/mol. The van der Waals surface area contributed by atoms with E-state index in [1.807, 2.05) is 18.2 Å². The normalized spacial score (nSPS) is 10.6. The van der Waals surface area contributed by atoms with Crippen molar-refractivity contribution in [2.45, 2.75) is 11.8 Å². The number of para-hydroxylation sites is 1. The van der Waals surface area contributed by atoms with Crippen molar-refractivity contribution in [3.63, 3.8) is 0 Å². The van der Waals surface area contributed by atoms with Crippen LogP contribution in [0.1, 0.15) is 16.1 Å². The van der Waals surface area contributed by atoms with Crippen LogP contribution in [0.15, 0.2) is 57.8 Å². The van der Waals surface area contributed by atoms with Gasteiger partial charge in [-0.05, 0) is 37.3 Å². The summed E-state index contributed by atoms with van der Waals surface area (Å²) in [6.07, 6.45) is 0. The number of thioether (sulfide) groups is 1. The molecule has 1 heterocycles. The van der Waals surface area contributed by atoms with Crippen molar-refractivity contribution in [1.82, 2.24) is 10.9 Å². The first-order valence-electron chi connectivity index (χ1n) is 7.50. The summed E-state index contributed by atoms with van der Waals surface area (Å²) in [6, 6.07) is 13.1. The molecule has 2 amide bonds. The van der Waals surface area contributed by atoms with Crippen molar-refractivity contribution in [3.05, 3.63) is 65.7 Å². The van der Waals surface area contributed by atoms with Crippen LogP contribution in [0.4, 0.5) is 4.39 Å². The molecule has 0 aliphatic rings. The molecule has 0 bridgehead atoms. The summed E-state index contributed by atoms with van der Waals surface area (Å²) in [4.78, 5) is 24.8. The predicted octanol–water partition coefficient (Wildman–Crippen LogP) is 3.43. The SMILES string of the molecule is Cc1c(C(=O)NNC(=O)CSc2ccc(F)cc2)oc2ccccc12. The lowest BCUT2D eigenvalue weighted by Gasteiger charge is -2.06. The number of amides is 2. The Bertz CT molecular complexity index is 922. The average Bonchev–Trinajstić information content (AvgIpc) is 2.96. The topological polar surface area (TPSA) is 71.3 Å².